The summed E-state index contributed by atoms with van der Waals surface area (Å²) in [5.74, 6) is -0.829. The summed E-state index contributed by atoms with van der Waals surface area (Å²) in [7, 11) is -3.68. The Hall–Kier alpha value is -1.68. The molecule has 1 amide bonds. The molecular formula is C16H23NO7S. The first-order chi connectivity index (χ1) is 11.6. The normalized spacial score (nSPS) is 19.2. The van der Waals surface area contributed by atoms with E-state index >= 15 is 0 Å². The molecule has 0 aliphatic carbocycles. The predicted octanol–water partition coefficient (Wildman–Crippen LogP) is 1.41. The molecule has 1 aliphatic heterocycles. The van der Waals surface area contributed by atoms with Crippen LogP contribution in [-0.2, 0) is 35.1 Å². The number of ether oxygens (including phenoxy) is 3. The minimum Gasteiger partial charge on any atom is -0.445 e. The molecule has 8 nitrogen and oxygen atoms in total. The van der Waals surface area contributed by atoms with Crippen molar-refractivity contribution in [3.8, 4) is 0 Å². The lowest BCUT2D eigenvalue weighted by molar-refractivity contribution is -0.273. The van der Waals surface area contributed by atoms with Crippen molar-refractivity contribution in [2.24, 2.45) is 0 Å². The summed E-state index contributed by atoms with van der Waals surface area (Å²) in [6.07, 6.45) is 0.218. The Bertz CT molecular complexity index is 678. The number of carbonyl (C=O) groups excluding carboxylic acids is 1. The summed E-state index contributed by atoms with van der Waals surface area (Å²) in [6.45, 7) is 3.27. The fourth-order valence-corrected chi connectivity index (χ4v) is 2.53. The molecule has 1 aliphatic rings. The van der Waals surface area contributed by atoms with E-state index in [2.05, 4.69) is 5.32 Å². The molecular weight excluding hydrogens is 350 g/mol. The Morgan fingerprint density at radius 1 is 1.20 bits per heavy atom. The molecule has 0 aromatic heterocycles. The molecule has 0 saturated carbocycles. The van der Waals surface area contributed by atoms with Crippen LogP contribution in [0.5, 0.6) is 0 Å². The fraction of sp³-hybridized carbons (Fsp3) is 0.562. The van der Waals surface area contributed by atoms with Crippen LogP contribution in [0.1, 0.15) is 19.4 Å². The maximum atomic E-state index is 12.1. The van der Waals surface area contributed by atoms with E-state index in [1.807, 2.05) is 30.3 Å². The molecule has 1 heterocycles. The second-order valence-electron chi connectivity index (χ2n) is 6.41. The lowest BCUT2D eigenvalue weighted by Gasteiger charge is -2.42. The van der Waals surface area contributed by atoms with Gasteiger partial charge in [-0.2, -0.15) is 8.42 Å². The Balaban J connectivity index is 1.98. The number of benzene rings is 1. The van der Waals surface area contributed by atoms with Crippen LogP contribution in [0, 0.1) is 0 Å². The average molecular weight is 373 g/mol. The maximum Gasteiger partial charge on any atom is 0.408 e. The van der Waals surface area contributed by atoms with Crippen molar-refractivity contribution in [1.29, 1.82) is 0 Å². The first kappa shape index (κ1) is 19.6. The standard InChI is InChI=1S/C16H23NO7S/c1-15(2)22-10-16(11-23-15,12-24-25(3,19)20)17-14(18)21-9-13-7-5-4-6-8-13/h4-8H,9-12H2,1-3H3,(H,17,18). The van der Waals surface area contributed by atoms with E-state index < -0.39 is 27.5 Å². The lowest BCUT2D eigenvalue weighted by atomic mass is 10.0. The largest absolute Gasteiger partial charge is 0.445 e. The summed E-state index contributed by atoms with van der Waals surface area (Å²) in [6, 6.07) is 9.18. The number of alkyl carbamates (subject to hydrolysis) is 1. The van der Waals surface area contributed by atoms with E-state index in [0.717, 1.165) is 11.8 Å². The van der Waals surface area contributed by atoms with E-state index in [1.54, 1.807) is 13.8 Å². The summed E-state index contributed by atoms with van der Waals surface area (Å²) in [5, 5.41) is 2.61. The van der Waals surface area contributed by atoms with Crippen LogP contribution in [0.15, 0.2) is 30.3 Å². The molecule has 1 N–H and O–H groups in total. The minimum atomic E-state index is -3.68. The van der Waals surface area contributed by atoms with Gasteiger partial charge in [-0.15, -0.1) is 0 Å². The topological polar surface area (TPSA) is 100 Å². The number of nitrogens with one attached hydrogen (secondary N) is 1. The van der Waals surface area contributed by atoms with Crippen molar-refractivity contribution >= 4 is 16.2 Å². The smallest absolute Gasteiger partial charge is 0.408 e. The van der Waals surface area contributed by atoms with Gasteiger partial charge in [-0.3, -0.25) is 4.18 Å². The quantitative estimate of drug-likeness (QED) is 0.753. The summed E-state index contributed by atoms with van der Waals surface area (Å²) in [4.78, 5) is 12.1. The summed E-state index contributed by atoms with van der Waals surface area (Å²) >= 11 is 0. The summed E-state index contributed by atoms with van der Waals surface area (Å²) in [5.41, 5.74) is -0.330. The van der Waals surface area contributed by atoms with Crippen molar-refractivity contribution in [2.45, 2.75) is 31.8 Å². The van der Waals surface area contributed by atoms with Gasteiger partial charge in [0, 0.05) is 0 Å². The van der Waals surface area contributed by atoms with Gasteiger partial charge in [-0.25, -0.2) is 4.79 Å². The number of rotatable bonds is 6. The first-order valence-electron chi connectivity index (χ1n) is 7.70. The lowest BCUT2D eigenvalue weighted by Crippen LogP contribution is -2.63. The van der Waals surface area contributed by atoms with Gasteiger partial charge in [0.1, 0.15) is 12.1 Å². The molecule has 1 aromatic rings. The zero-order valence-corrected chi connectivity index (χ0v) is 15.3. The molecule has 140 valence electrons. The second-order valence-corrected chi connectivity index (χ2v) is 8.05. The van der Waals surface area contributed by atoms with Crippen molar-refractivity contribution in [1.82, 2.24) is 5.32 Å². The molecule has 1 aromatic carbocycles. The fourth-order valence-electron chi connectivity index (χ4n) is 2.09. The highest BCUT2D eigenvalue weighted by Gasteiger charge is 2.43. The van der Waals surface area contributed by atoms with E-state index in [4.69, 9.17) is 18.4 Å². The predicted molar refractivity (Wildman–Crippen MR) is 89.3 cm³/mol. The van der Waals surface area contributed by atoms with Crippen molar-refractivity contribution in [3.05, 3.63) is 35.9 Å². The van der Waals surface area contributed by atoms with Gasteiger partial charge in [0.25, 0.3) is 10.1 Å². The van der Waals surface area contributed by atoms with Crippen LogP contribution < -0.4 is 5.32 Å². The third-order valence-electron chi connectivity index (χ3n) is 3.52. The molecule has 2 rings (SSSR count). The number of amides is 1. The molecule has 0 radical (unpaired) electrons. The first-order valence-corrected chi connectivity index (χ1v) is 9.52. The van der Waals surface area contributed by atoms with Crippen LogP contribution in [0.3, 0.4) is 0 Å². The van der Waals surface area contributed by atoms with E-state index in [-0.39, 0.29) is 26.4 Å². The van der Waals surface area contributed by atoms with Gasteiger partial charge in [0.2, 0.25) is 0 Å². The van der Waals surface area contributed by atoms with Crippen LogP contribution in [-0.4, -0.2) is 51.9 Å². The summed E-state index contributed by atoms with van der Waals surface area (Å²) < 4.78 is 43.7. The van der Waals surface area contributed by atoms with Gasteiger partial charge in [0.15, 0.2) is 5.79 Å². The van der Waals surface area contributed by atoms with Crippen LogP contribution in [0.25, 0.3) is 0 Å². The van der Waals surface area contributed by atoms with Crippen LogP contribution in [0.4, 0.5) is 4.79 Å². The second kappa shape index (κ2) is 7.69. The van der Waals surface area contributed by atoms with Crippen molar-refractivity contribution < 1.29 is 31.6 Å². The molecule has 0 atom stereocenters. The Kier molecular flexibility index (Phi) is 6.04. The van der Waals surface area contributed by atoms with Crippen LogP contribution >= 0.6 is 0 Å². The molecule has 0 bridgehead atoms. The highest BCUT2D eigenvalue weighted by molar-refractivity contribution is 7.85. The Morgan fingerprint density at radius 2 is 1.80 bits per heavy atom. The third kappa shape index (κ3) is 6.62. The van der Waals surface area contributed by atoms with Crippen LogP contribution in [0.2, 0.25) is 0 Å². The van der Waals surface area contributed by atoms with Gasteiger partial charge in [-0.1, -0.05) is 30.3 Å². The van der Waals surface area contributed by atoms with E-state index in [0.29, 0.717) is 0 Å². The van der Waals surface area contributed by atoms with E-state index in [1.165, 1.54) is 0 Å². The number of carbonyl (C=O) groups is 1. The average Bonchev–Trinajstić information content (AvgIpc) is 2.54. The third-order valence-corrected chi connectivity index (χ3v) is 4.07. The van der Waals surface area contributed by atoms with E-state index in [9.17, 15) is 13.2 Å². The van der Waals surface area contributed by atoms with Gasteiger partial charge < -0.3 is 19.5 Å². The number of hydrogen-bond acceptors (Lipinski definition) is 7. The molecule has 9 heteroatoms. The molecule has 1 fully saturated rings. The van der Waals surface area contributed by atoms with Gasteiger partial charge >= 0.3 is 6.09 Å². The Morgan fingerprint density at radius 3 is 2.36 bits per heavy atom. The maximum absolute atomic E-state index is 12.1. The van der Waals surface area contributed by atoms with Crippen molar-refractivity contribution in [3.63, 3.8) is 0 Å². The SMILES string of the molecule is CC1(C)OCC(COS(C)(=O)=O)(NC(=O)OCc2ccccc2)CO1. The highest BCUT2D eigenvalue weighted by Crippen LogP contribution is 2.24. The highest BCUT2D eigenvalue weighted by atomic mass is 32.2. The molecule has 1 saturated heterocycles. The van der Waals surface area contributed by atoms with Crippen molar-refractivity contribution in [2.75, 3.05) is 26.1 Å². The molecule has 0 spiro atoms. The zero-order valence-electron chi connectivity index (χ0n) is 14.5. The minimum absolute atomic E-state index is 0.0238. The monoisotopic (exact) mass is 373 g/mol. The van der Waals surface area contributed by atoms with Gasteiger partial charge in [0.05, 0.1) is 26.1 Å². The van der Waals surface area contributed by atoms with Gasteiger partial charge in [-0.05, 0) is 19.4 Å². The zero-order chi connectivity index (χ0) is 18.6. The molecule has 0 unspecified atom stereocenters. The Labute approximate surface area is 147 Å². The molecule has 25 heavy (non-hydrogen) atoms. The number of hydrogen-bond donors (Lipinski definition) is 1.